The number of piperidine rings is 1. The van der Waals surface area contributed by atoms with Crippen LogP contribution in [0.1, 0.15) is 18.4 Å². The summed E-state index contributed by atoms with van der Waals surface area (Å²) in [5.74, 6) is 2.85. The van der Waals surface area contributed by atoms with Crippen LogP contribution in [0.2, 0.25) is 0 Å². The van der Waals surface area contributed by atoms with E-state index in [4.69, 9.17) is 0 Å². The van der Waals surface area contributed by atoms with Gasteiger partial charge in [-0.05, 0) is 55.7 Å². The molecular formula is C14H19N. The molecule has 3 rings (SSSR count). The number of hydrogen-bond acceptors (Lipinski definition) is 1. The van der Waals surface area contributed by atoms with E-state index < -0.39 is 0 Å². The van der Waals surface area contributed by atoms with Crippen LogP contribution in [0, 0.1) is 17.8 Å². The van der Waals surface area contributed by atoms with Gasteiger partial charge in [0, 0.05) is 0 Å². The average molecular weight is 201 g/mol. The summed E-state index contributed by atoms with van der Waals surface area (Å²) in [4.78, 5) is 0. The van der Waals surface area contributed by atoms with Gasteiger partial charge in [-0.3, -0.25) is 0 Å². The molecule has 2 fully saturated rings. The van der Waals surface area contributed by atoms with Crippen molar-refractivity contribution in [2.24, 2.45) is 17.8 Å². The van der Waals surface area contributed by atoms with Gasteiger partial charge in [0.2, 0.25) is 0 Å². The fourth-order valence-electron chi connectivity index (χ4n) is 3.42. The van der Waals surface area contributed by atoms with Crippen molar-refractivity contribution in [1.82, 2.24) is 5.32 Å². The molecule has 0 spiro atoms. The molecule has 0 radical (unpaired) electrons. The smallest absolute Gasteiger partial charge is 0.00175 e. The number of hydrogen-bond donors (Lipinski definition) is 1. The van der Waals surface area contributed by atoms with Crippen molar-refractivity contribution >= 4 is 0 Å². The molecule has 1 saturated heterocycles. The number of nitrogens with one attached hydrogen (secondary N) is 1. The molecule has 2 atom stereocenters. The molecule has 2 bridgehead atoms. The van der Waals surface area contributed by atoms with Gasteiger partial charge in [0.1, 0.15) is 0 Å². The fourth-order valence-corrected chi connectivity index (χ4v) is 3.42. The second-order valence-corrected chi connectivity index (χ2v) is 5.11. The van der Waals surface area contributed by atoms with Gasteiger partial charge in [0.05, 0.1) is 0 Å². The molecule has 1 saturated carbocycles. The van der Waals surface area contributed by atoms with Crippen LogP contribution in [-0.4, -0.2) is 13.1 Å². The number of benzene rings is 1. The summed E-state index contributed by atoms with van der Waals surface area (Å²) in [5.41, 5.74) is 1.53. The van der Waals surface area contributed by atoms with E-state index in [-0.39, 0.29) is 0 Å². The molecule has 0 amide bonds. The summed E-state index contributed by atoms with van der Waals surface area (Å²) in [6.45, 7) is 2.52. The van der Waals surface area contributed by atoms with E-state index in [1.165, 1.54) is 37.9 Å². The van der Waals surface area contributed by atoms with E-state index in [1.54, 1.807) is 0 Å². The Morgan fingerprint density at radius 2 is 1.67 bits per heavy atom. The second kappa shape index (κ2) is 3.97. The lowest BCUT2D eigenvalue weighted by atomic mass is 9.81. The van der Waals surface area contributed by atoms with E-state index in [9.17, 15) is 0 Å². The van der Waals surface area contributed by atoms with Gasteiger partial charge < -0.3 is 5.32 Å². The van der Waals surface area contributed by atoms with Gasteiger partial charge in [-0.2, -0.15) is 0 Å². The number of fused-ring (bicyclic) bond motifs is 2. The standard InChI is InChI=1S/C14H19N/c1-2-4-11(5-3-1)8-14-12-6-7-13(14)10-15-9-12/h1-5,12-15H,6-10H2. The van der Waals surface area contributed by atoms with Crippen LogP contribution in [0.4, 0.5) is 0 Å². The summed E-state index contributed by atoms with van der Waals surface area (Å²) in [7, 11) is 0. The predicted molar refractivity (Wildman–Crippen MR) is 62.7 cm³/mol. The summed E-state index contributed by atoms with van der Waals surface area (Å²) >= 11 is 0. The van der Waals surface area contributed by atoms with Gasteiger partial charge in [-0.1, -0.05) is 30.3 Å². The zero-order valence-corrected chi connectivity index (χ0v) is 9.15. The lowest BCUT2D eigenvalue weighted by Crippen LogP contribution is -2.38. The first-order chi connectivity index (χ1) is 7.43. The summed E-state index contributed by atoms with van der Waals surface area (Å²) in [6, 6.07) is 11.0. The minimum Gasteiger partial charge on any atom is -0.316 e. The van der Waals surface area contributed by atoms with E-state index in [0.29, 0.717) is 0 Å². The van der Waals surface area contributed by atoms with Gasteiger partial charge in [-0.25, -0.2) is 0 Å². The van der Waals surface area contributed by atoms with Crippen molar-refractivity contribution < 1.29 is 0 Å². The third-order valence-electron chi connectivity index (χ3n) is 4.25. The molecule has 1 aromatic rings. The van der Waals surface area contributed by atoms with Crippen molar-refractivity contribution in [3.63, 3.8) is 0 Å². The highest BCUT2D eigenvalue weighted by Crippen LogP contribution is 2.40. The largest absolute Gasteiger partial charge is 0.316 e. The first-order valence-electron chi connectivity index (χ1n) is 6.18. The van der Waals surface area contributed by atoms with Crippen molar-refractivity contribution in [2.45, 2.75) is 19.3 Å². The van der Waals surface area contributed by atoms with Crippen LogP contribution in [0.3, 0.4) is 0 Å². The van der Waals surface area contributed by atoms with Crippen LogP contribution in [-0.2, 0) is 6.42 Å². The molecule has 2 unspecified atom stereocenters. The lowest BCUT2D eigenvalue weighted by molar-refractivity contribution is 0.244. The predicted octanol–water partition coefficient (Wildman–Crippen LogP) is 2.47. The molecule has 1 aromatic carbocycles. The lowest BCUT2D eigenvalue weighted by Gasteiger charge is -2.30. The van der Waals surface area contributed by atoms with Crippen LogP contribution in [0.5, 0.6) is 0 Å². The average Bonchev–Trinajstić information content (AvgIpc) is 2.53. The summed E-state index contributed by atoms with van der Waals surface area (Å²) in [5, 5.41) is 3.56. The van der Waals surface area contributed by atoms with Gasteiger partial charge in [0.25, 0.3) is 0 Å². The van der Waals surface area contributed by atoms with E-state index >= 15 is 0 Å². The number of rotatable bonds is 2. The zero-order valence-electron chi connectivity index (χ0n) is 9.15. The van der Waals surface area contributed by atoms with E-state index in [1.807, 2.05) is 0 Å². The molecule has 80 valence electrons. The topological polar surface area (TPSA) is 12.0 Å². The Labute approximate surface area is 91.9 Å². The van der Waals surface area contributed by atoms with Crippen molar-refractivity contribution in [2.75, 3.05) is 13.1 Å². The SMILES string of the molecule is c1ccc(CC2C3CCC2CNC3)cc1. The molecule has 1 aliphatic carbocycles. The highest BCUT2D eigenvalue weighted by Gasteiger charge is 2.38. The maximum Gasteiger partial charge on any atom is -0.00175 e. The Bertz CT molecular complexity index is 303. The maximum atomic E-state index is 3.56. The molecule has 1 heteroatoms. The summed E-state index contributed by atoms with van der Waals surface area (Å²) < 4.78 is 0. The van der Waals surface area contributed by atoms with Gasteiger partial charge >= 0.3 is 0 Å². The quantitative estimate of drug-likeness (QED) is 0.775. The molecule has 0 aromatic heterocycles. The van der Waals surface area contributed by atoms with Crippen LogP contribution < -0.4 is 5.32 Å². The molecule has 1 nitrogen and oxygen atoms in total. The van der Waals surface area contributed by atoms with Crippen molar-refractivity contribution in [1.29, 1.82) is 0 Å². The Morgan fingerprint density at radius 1 is 1.00 bits per heavy atom. The minimum atomic E-state index is 0.948. The van der Waals surface area contributed by atoms with E-state index in [2.05, 4.69) is 35.6 Å². The molecule has 15 heavy (non-hydrogen) atoms. The highest BCUT2D eigenvalue weighted by molar-refractivity contribution is 5.16. The highest BCUT2D eigenvalue weighted by atomic mass is 14.9. The van der Waals surface area contributed by atoms with Gasteiger partial charge in [-0.15, -0.1) is 0 Å². The molecule has 1 N–H and O–H groups in total. The first kappa shape index (κ1) is 9.41. The third kappa shape index (κ3) is 1.81. The zero-order chi connectivity index (χ0) is 10.1. The minimum absolute atomic E-state index is 0.948. The fraction of sp³-hybridized carbons (Fsp3) is 0.571. The normalized spacial score (nSPS) is 34.3. The molecule has 1 aliphatic heterocycles. The molecular weight excluding hydrogens is 182 g/mol. The molecule has 2 aliphatic rings. The van der Waals surface area contributed by atoms with E-state index in [0.717, 1.165) is 17.8 Å². The van der Waals surface area contributed by atoms with Crippen molar-refractivity contribution in [3.8, 4) is 0 Å². The Kier molecular flexibility index (Phi) is 2.49. The molecule has 1 heterocycles. The van der Waals surface area contributed by atoms with Crippen LogP contribution in [0.15, 0.2) is 30.3 Å². The Balaban J connectivity index is 1.73. The van der Waals surface area contributed by atoms with Crippen LogP contribution >= 0.6 is 0 Å². The third-order valence-corrected chi connectivity index (χ3v) is 4.25. The second-order valence-electron chi connectivity index (χ2n) is 5.11. The van der Waals surface area contributed by atoms with Crippen LogP contribution in [0.25, 0.3) is 0 Å². The Morgan fingerprint density at radius 3 is 2.33 bits per heavy atom. The maximum absolute atomic E-state index is 3.56. The van der Waals surface area contributed by atoms with Gasteiger partial charge in [0.15, 0.2) is 0 Å². The monoisotopic (exact) mass is 201 g/mol. The van der Waals surface area contributed by atoms with Crippen molar-refractivity contribution in [3.05, 3.63) is 35.9 Å². The first-order valence-corrected chi connectivity index (χ1v) is 6.18. The Hall–Kier alpha value is -0.820. The summed E-state index contributed by atoms with van der Waals surface area (Å²) in [6.07, 6.45) is 4.21.